The van der Waals surface area contributed by atoms with Gasteiger partial charge in [0.25, 0.3) is 0 Å². The second-order valence-corrected chi connectivity index (χ2v) is 6.62. The summed E-state index contributed by atoms with van der Waals surface area (Å²) in [5, 5.41) is 3.55. The number of aromatic nitrogens is 4. The molecule has 1 aliphatic heterocycles. The van der Waals surface area contributed by atoms with Gasteiger partial charge in [0.15, 0.2) is 0 Å². The lowest BCUT2D eigenvalue weighted by Crippen LogP contribution is -2.40. The van der Waals surface area contributed by atoms with Crippen LogP contribution in [-0.4, -0.2) is 64.2 Å². The summed E-state index contributed by atoms with van der Waals surface area (Å²) in [6.07, 6.45) is 8.80. The SMILES string of the molecule is CN(C)c1cc(NC2CCN(CCc3nccn3C)CC2)ncn1. The molecule has 24 heavy (non-hydrogen) atoms. The van der Waals surface area contributed by atoms with Crippen molar-refractivity contribution < 1.29 is 0 Å². The van der Waals surface area contributed by atoms with Gasteiger partial charge in [-0.1, -0.05) is 0 Å². The quantitative estimate of drug-likeness (QED) is 0.864. The van der Waals surface area contributed by atoms with E-state index in [0.717, 1.165) is 56.4 Å². The standard InChI is InChI=1S/C17H27N7/c1-22(2)17-12-15(19-13-20-17)21-14-4-8-24(9-5-14)10-6-16-18-7-11-23(16)3/h7,11-14H,4-6,8-10H2,1-3H3,(H,19,20,21). The molecule has 1 aliphatic rings. The first kappa shape index (κ1) is 16.7. The average molecular weight is 329 g/mol. The van der Waals surface area contributed by atoms with Gasteiger partial charge < -0.3 is 19.7 Å². The molecule has 0 bridgehead atoms. The van der Waals surface area contributed by atoms with Crippen LogP contribution in [0.3, 0.4) is 0 Å². The zero-order valence-electron chi connectivity index (χ0n) is 14.8. The van der Waals surface area contributed by atoms with Crippen molar-refractivity contribution in [3.05, 3.63) is 30.6 Å². The summed E-state index contributed by atoms with van der Waals surface area (Å²) in [7, 11) is 6.04. The molecule has 0 radical (unpaired) electrons. The highest BCUT2D eigenvalue weighted by molar-refractivity contribution is 5.47. The molecular weight excluding hydrogens is 302 g/mol. The van der Waals surface area contributed by atoms with E-state index >= 15 is 0 Å². The van der Waals surface area contributed by atoms with Crippen molar-refractivity contribution in [1.82, 2.24) is 24.4 Å². The second-order valence-electron chi connectivity index (χ2n) is 6.62. The van der Waals surface area contributed by atoms with Crippen molar-refractivity contribution in [3.63, 3.8) is 0 Å². The monoisotopic (exact) mass is 329 g/mol. The van der Waals surface area contributed by atoms with Crippen LogP contribution in [0.15, 0.2) is 24.8 Å². The Morgan fingerprint density at radius 2 is 2.00 bits per heavy atom. The van der Waals surface area contributed by atoms with Crippen molar-refractivity contribution in [3.8, 4) is 0 Å². The normalized spacial score (nSPS) is 16.3. The number of likely N-dealkylation sites (tertiary alicyclic amines) is 1. The van der Waals surface area contributed by atoms with Crippen LogP contribution in [0.4, 0.5) is 11.6 Å². The lowest BCUT2D eigenvalue weighted by Gasteiger charge is -2.32. The molecule has 2 aromatic rings. The molecule has 0 saturated carbocycles. The minimum absolute atomic E-state index is 0.485. The summed E-state index contributed by atoms with van der Waals surface area (Å²) < 4.78 is 2.10. The van der Waals surface area contributed by atoms with Gasteiger partial charge in [-0.15, -0.1) is 0 Å². The molecule has 0 aliphatic carbocycles. The number of hydrogen-bond acceptors (Lipinski definition) is 6. The summed E-state index contributed by atoms with van der Waals surface area (Å²) in [4.78, 5) is 17.5. The first-order valence-electron chi connectivity index (χ1n) is 8.56. The number of anilines is 2. The fraction of sp³-hybridized carbons (Fsp3) is 0.588. The minimum atomic E-state index is 0.485. The van der Waals surface area contributed by atoms with Gasteiger partial charge in [0.2, 0.25) is 0 Å². The Labute approximate surface area is 143 Å². The summed E-state index contributed by atoms with van der Waals surface area (Å²) >= 11 is 0. The summed E-state index contributed by atoms with van der Waals surface area (Å²) in [5.41, 5.74) is 0. The minimum Gasteiger partial charge on any atom is -0.367 e. The number of rotatable bonds is 6. The van der Waals surface area contributed by atoms with E-state index < -0.39 is 0 Å². The Hall–Kier alpha value is -2.15. The Morgan fingerprint density at radius 1 is 1.21 bits per heavy atom. The Bertz CT molecular complexity index is 644. The van der Waals surface area contributed by atoms with E-state index in [2.05, 4.69) is 36.8 Å². The maximum Gasteiger partial charge on any atom is 0.133 e. The first-order chi connectivity index (χ1) is 11.6. The van der Waals surface area contributed by atoms with Crippen molar-refractivity contribution in [1.29, 1.82) is 0 Å². The lowest BCUT2D eigenvalue weighted by atomic mass is 10.0. The third-order valence-corrected chi connectivity index (χ3v) is 4.62. The van der Waals surface area contributed by atoms with E-state index in [1.54, 1.807) is 6.33 Å². The highest BCUT2D eigenvalue weighted by Crippen LogP contribution is 2.17. The van der Waals surface area contributed by atoms with Gasteiger partial charge in [0.05, 0.1) is 0 Å². The number of imidazole rings is 1. The molecule has 130 valence electrons. The predicted molar refractivity (Wildman–Crippen MR) is 96.4 cm³/mol. The van der Waals surface area contributed by atoms with Gasteiger partial charge in [0, 0.05) is 71.7 Å². The molecule has 1 N–H and O–H groups in total. The van der Waals surface area contributed by atoms with Gasteiger partial charge in [0.1, 0.15) is 23.8 Å². The Kier molecular flexibility index (Phi) is 5.30. The van der Waals surface area contributed by atoms with E-state index in [4.69, 9.17) is 0 Å². The zero-order chi connectivity index (χ0) is 16.9. The molecular formula is C17H27N7. The first-order valence-corrected chi connectivity index (χ1v) is 8.56. The van der Waals surface area contributed by atoms with Crippen LogP contribution in [0.5, 0.6) is 0 Å². The fourth-order valence-electron chi connectivity index (χ4n) is 3.08. The molecule has 2 aromatic heterocycles. The van der Waals surface area contributed by atoms with Gasteiger partial charge in [-0.25, -0.2) is 15.0 Å². The van der Waals surface area contributed by atoms with Crippen molar-refractivity contribution in [2.45, 2.75) is 25.3 Å². The third-order valence-electron chi connectivity index (χ3n) is 4.62. The van der Waals surface area contributed by atoms with E-state index in [1.165, 1.54) is 0 Å². The third kappa shape index (κ3) is 4.23. The van der Waals surface area contributed by atoms with Crippen LogP contribution in [0.2, 0.25) is 0 Å². The maximum absolute atomic E-state index is 4.40. The summed E-state index contributed by atoms with van der Waals surface area (Å²) in [6.45, 7) is 3.32. The summed E-state index contributed by atoms with van der Waals surface area (Å²) in [6, 6.07) is 2.49. The molecule has 0 amide bonds. The van der Waals surface area contributed by atoms with Crippen LogP contribution >= 0.6 is 0 Å². The molecule has 7 nitrogen and oxygen atoms in total. The molecule has 0 atom stereocenters. The largest absolute Gasteiger partial charge is 0.367 e. The molecule has 7 heteroatoms. The fourth-order valence-corrected chi connectivity index (χ4v) is 3.08. The van der Waals surface area contributed by atoms with E-state index in [9.17, 15) is 0 Å². The maximum atomic E-state index is 4.40. The number of hydrogen-bond donors (Lipinski definition) is 1. The van der Waals surface area contributed by atoms with E-state index in [1.807, 2.05) is 37.5 Å². The van der Waals surface area contributed by atoms with Gasteiger partial charge >= 0.3 is 0 Å². The molecule has 1 fully saturated rings. The van der Waals surface area contributed by atoms with Crippen LogP contribution in [0.1, 0.15) is 18.7 Å². The molecule has 3 heterocycles. The van der Waals surface area contributed by atoms with Crippen molar-refractivity contribution >= 4 is 11.6 Å². The summed E-state index contributed by atoms with van der Waals surface area (Å²) in [5.74, 6) is 3.01. The van der Waals surface area contributed by atoms with Crippen LogP contribution < -0.4 is 10.2 Å². The van der Waals surface area contributed by atoms with E-state index in [0.29, 0.717) is 6.04 Å². The van der Waals surface area contributed by atoms with E-state index in [-0.39, 0.29) is 0 Å². The lowest BCUT2D eigenvalue weighted by molar-refractivity contribution is 0.220. The van der Waals surface area contributed by atoms with Gasteiger partial charge in [-0.2, -0.15) is 0 Å². The Balaban J connectivity index is 1.45. The number of aryl methyl sites for hydroxylation is 1. The van der Waals surface area contributed by atoms with Crippen LogP contribution in [0, 0.1) is 0 Å². The smallest absolute Gasteiger partial charge is 0.133 e. The Morgan fingerprint density at radius 3 is 2.67 bits per heavy atom. The number of nitrogens with one attached hydrogen (secondary N) is 1. The second kappa shape index (κ2) is 7.61. The zero-order valence-corrected chi connectivity index (χ0v) is 14.8. The number of nitrogens with zero attached hydrogens (tertiary/aromatic N) is 6. The highest BCUT2D eigenvalue weighted by Gasteiger charge is 2.19. The molecule has 0 spiro atoms. The topological polar surface area (TPSA) is 62.1 Å². The molecule has 3 rings (SSSR count). The number of piperidine rings is 1. The van der Waals surface area contributed by atoms with Gasteiger partial charge in [-0.05, 0) is 12.8 Å². The molecule has 0 unspecified atom stereocenters. The van der Waals surface area contributed by atoms with Crippen molar-refractivity contribution in [2.24, 2.45) is 7.05 Å². The average Bonchev–Trinajstić information content (AvgIpc) is 2.99. The van der Waals surface area contributed by atoms with Gasteiger partial charge in [-0.3, -0.25) is 0 Å². The highest BCUT2D eigenvalue weighted by atomic mass is 15.2. The molecule has 1 saturated heterocycles. The van der Waals surface area contributed by atoms with Crippen LogP contribution in [0.25, 0.3) is 0 Å². The van der Waals surface area contributed by atoms with Crippen LogP contribution in [-0.2, 0) is 13.5 Å². The predicted octanol–water partition coefficient (Wildman–Crippen LogP) is 1.40. The van der Waals surface area contributed by atoms with Crippen molar-refractivity contribution in [2.75, 3.05) is 43.9 Å². The molecule has 0 aromatic carbocycles.